The van der Waals surface area contributed by atoms with E-state index in [2.05, 4.69) is 4.72 Å². The lowest BCUT2D eigenvalue weighted by Gasteiger charge is -2.24. The molecule has 0 spiro atoms. The average Bonchev–Trinajstić information content (AvgIpc) is 2.28. The summed E-state index contributed by atoms with van der Waals surface area (Å²) in [5.41, 5.74) is 0. The molecule has 0 amide bonds. The fourth-order valence-electron chi connectivity index (χ4n) is 1.79. The molecule has 0 radical (unpaired) electrons. The molecule has 1 atom stereocenters. The normalized spacial score (nSPS) is 20.1. The van der Waals surface area contributed by atoms with Crippen LogP contribution in [0.5, 0.6) is 0 Å². The van der Waals surface area contributed by atoms with Crippen molar-refractivity contribution >= 4 is 16.0 Å². The predicted molar refractivity (Wildman–Crippen MR) is 62.2 cm³/mol. The summed E-state index contributed by atoms with van der Waals surface area (Å²) in [7, 11) is -3.43. The molecule has 1 aliphatic rings. The van der Waals surface area contributed by atoms with Crippen LogP contribution < -0.4 is 4.72 Å². The standard InChI is InChI=1S/C10H19NO5S/c1-2-8(7-10(12)13)11-17(14,15)9-3-5-16-6-4-9/h8-9,11H,2-7H2,1H3,(H,12,13). The molecule has 100 valence electrons. The Morgan fingerprint density at radius 2 is 2.06 bits per heavy atom. The van der Waals surface area contributed by atoms with Gasteiger partial charge < -0.3 is 9.84 Å². The van der Waals surface area contributed by atoms with Gasteiger partial charge in [-0.1, -0.05) is 6.92 Å². The summed E-state index contributed by atoms with van der Waals surface area (Å²) in [6.07, 6.45) is 1.23. The van der Waals surface area contributed by atoms with Gasteiger partial charge >= 0.3 is 5.97 Å². The van der Waals surface area contributed by atoms with E-state index in [1.807, 2.05) is 0 Å². The Kier molecular flexibility index (Phi) is 5.35. The number of ether oxygens (including phenoxy) is 1. The molecular formula is C10H19NO5S. The number of aliphatic carboxylic acids is 1. The lowest BCUT2D eigenvalue weighted by molar-refractivity contribution is -0.137. The van der Waals surface area contributed by atoms with E-state index in [0.717, 1.165) is 0 Å². The first-order chi connectivity index (χ1) is 7.95. The zero-order chi connectivity index (χ0) is 12.9. The van der Waals surface area contributed by atoms with Gasteiger partial charge in [0.1, 0.15) is 0 Å². The SMILES string of the molecule is CCC(CC(=O)O)NS(=O)(=O)C1CCOCC1. The molecule has 1 heterocycles. The number of hydrogen-bond donors (Lipinski definition) is 2. The number of sulfonamides is 1. The van der Waals surface area contributed by atoms with E-state index in [0.29, 0.717) is 32.5 Å². The topological polar surface area (TPSA) is 92.7 Å². The molecule has 0 aromatic carbocycles. The second kappa shape index (κ2) is 6.32. The van der Waals surface area contributed by atoms with E-state index >= 15 is 0 Å². The third-order valence-electron chi connectivity index (χ3n) is 2.85. The highest BCUT2D eigenvalue weighted by Crippen LogP contribution is 2.16. The highest BCUT2D eigenvalue weighted by Gasteiger charge is 2.29. The van der Waals surface area contributed by atoms with E-state index in [9.17, 15) is 13.2 Å². The Balaban J connectivity index is 2.59. The monoisotopic (exact) mass is 265 g/mol. The van der Waals surface area contributed by atoms with Crippen LogP contribution in [0.25, 0.3) is 0 Å². The molecule has 0 aromatic heterocycles. The fourth-order valence-corrected chi connectivity index (χ4v) is 3.52. The summed E-state index contributed by atoms with van der Waals surface area (Å²) in [5, 5.41) is 8.21. The molecule has 0 aliphatic carbocycles. The molecule has 7 heteroatoms. The third-order valence-corrected chi connectivity index (χ3v) is 4.86. The number of hydrogen-bond acceptors (Lipinski definition) is 4. The molecule has 6 nitrogen and oxygen atoms in total. The number of nitrogens with one attached hydrogen (secondary N) is 1. The van der Waals surface area contributed by atoms with Crippen LogP contribution in [0.1, 0.15) is 32.6 Å². The Morgan fingerprint density at radius 1 is 1.47 bits per heavy atom. The minimum absolute atomic E-state index is 0.182. The highest BCUT2D eigenvalue weighted by molar-refractivity contribution is 7.90. The molecule has 1 rings (SSSR count). The van der Waals surface area contributed by atoms with E-state index in [-0.39, 0.29) is 6.42 Å². The zero-order valence-electron chi connectivity index (χ0n) is 9.89. The number of carbonyl (C=O) groups is 1. The van der Waals surface area contributed by atoms with Gasteiger partial charge in [0.05, 0.1) is 11.7 Å². The van der Waals surface area contributed by atoms with Crippen LogP contribution in [0.2, 0.25) is 0 Å². The number of rotatable bonds is 6. The van der Waals surface area contributed by atoms with Gasteiger partial charge in [-0.3, -0.25) is 4.79 Å². The lowest BCUT2D eigenvalue weighted by atomic mass is 10.2. The Bertz CT molecular complexity index is 348. The van der Waals surface area contributed by atoms with Gasteiger partial charge in [-0.05, 0) is 19.3 Å². The van der Waals surface area contributed by atoms with Crippen molar-refractivity contribution in [3.63, 3.8) is 0 Å². The maximum absolute atomic E-state index is 12.0. The van der Waals surface area contributed by atoms with Crippen molar-refractivity contribution in [2.75, 3.05) is 13.2 Å². The summed E-state index contributed by atoms with van der Waals surface area (Å²) in [4.78, 5) is 10.6. The molecule has 1 aliphatic heterocycles. The summed E-state index contributed by atoms with van der Waals surface area (Å²) in [6.45, 7) is 2.66. The zero-order valence-corrected chi connectivity index (χ0v) is 10.7. The smallest absolute Gasteiger partial charge is 0.304 e. The van der Waals surface area contributed by atoms with Crippen LogP contribution in [0.3, 0.4) is 0 Å². The van der Waals surface area contributed by atoms with Gasteiger partial charge in [0.15, 0.2) is 0 Å². The molecule has 0 saturated carbocycles. The first-order valence-corrected chi connectivity index (χ1v) is 7.31. The largest absolute Gasteiger partial charge is 0.481 e. The van der Waals surface area contributed by atoms with Crippen LogP contribution in [-0.2, 0) is 19.6 Å². The van der Waals surface area contributed by atoms with Gasteiger partial charge in [0, 0.05) is 19.3 Å². The second-order valence-electron chi connectivity index (χ2n) is 4.18. The highest BCUT2D eigenvalue weighted by atomic mass is 32.2. The van der Waals surface area contributed by atoms with Gasteiger partial charge in [0.2, 0.25) is 10.0 Å². The van der Waals surface area contributed by atoms with Crippen molar-refractivity contribution in [3.05, 3.63) is 0 Å². The molecule has 1 unspecified atom stereocenters. The quantitative estimate of drug-likeness (QED) is 0.722. The predicted octanol–water partition coefficient (Wildman–Crippen LogP) is 0.338. The van der Waals surface area contributed by atoms with Gasteiger partial charge in [-0.15, -0.1) is 0 Å². The molecule has 2 N–H and O–H groups in total. The summed E-state index contributed by atoms with van der Waals surface area (Å²) < 4.78 is 31.5. The summed E-state index contributed by atoms with van der Waals surface area (Å²) in [5.74, 6) is -0.994. The minimum Gasteiger partial charge on any atom is -0.481 e. The maximum atomic E-state index is 12.0. The molecule has 1 fully saturated rings. The van der Waals surface area contributed by atoms with Gasteiger partial charge in [-0.2, -0.15) is 0 Å². The lowest BCUT2D eigenvalue weighted by Crippen LogP contribution is -2.43. The van der Waals surface area contributed by atoms with E-state index < -0.39 is 27.3 Å². The summed E-state index contributed by atoms with van der Waals surface area (Å²) in [6, 6.07) is -0.527. The summed E-state index contributed by atoms with van der Waals surface area (Å²) >= 11 is 0. The van der Waals surface area contributed by atoms with Gasteiger partial charge in [0.25, 0.3) is 0 Å². The van der Waals surface area contributed by atoms with Crippen molar-refractivity contribution in [1.82, 2.24) is 4.72 Å². The molecule has 0 bridgehead atoms. The van der Waals surface area contributed by atoms with E-state index in [1.54, 1.807) is 6.92 Å². The van der Waals surface area contributed by atoms with Crippen molar-refractivity contribution in [2.45, 2.75) is 43.9 Å². The first-order valence-electron chi connectivity index (χ1n) is 5.76. The number of carboxylic acids is 1. The maximum Gasteiger partial charge on any atom is 0.304 e. The molecular weight excluding hydrogens is 246 g/mol. The van der Waals surface area contributed by atoms with E-state index in [4.69, 9.17) is 9.84 Å². The van der Waals surface area contributed by atoms with Crippen LogP contribution in [0, 0.1) is 0 Å². The van der Waals surface area contributed by atoms with Crippen LogP contribution in [0.4, 0.5) is 0 Å². The average molecular weight is 265 g/mol. The van der Waals surface area contributed by atoms with Crippen LogP contribution in [-0.4, -0.2) is 44.0 Å². The molecule has 1 saturated heterocycles. The van der Waals surface area contributed by atoms with Crippen molar-refractivity contribution in [3.8, 4) is 0 Å². The Labute approximate surface area is 101 Å². The van der Waals surface area contributed by atoms with Crippen LogP contribution in [0.15, 0.2) is 0 Å². The van der Waals surface area contributed by atoms with E-state index in [1.165, 1.54) is 0 Å². The van der Waals surface area contributed by atoms with Gasteiger partial charge in [-0.25, -0.2) is 13.1 Å². The molecule has 17 heavy (non-hydrogen) atoms. The fraction of sp³-hybridized carbons (Fsp3) is 0.900. The van der Waals surface area contributed by atoms with Crippen molar-refractivity contribution in [1.29, 1.82) is 0 Å². The Morgan fingerprint density at radius 3 is 2.53 bits per heavy atom. The van der Waals surface area contributed by atoms with Crippen molar-refractivity contribution < 1.29 is 23.1 Å². The first kappa shape index (κ1) is 14.4. The Hall–Kier alpha value is -0.660. The molecule has 0 aromatic rings. The second-order valence-corrected chi connectivity index (χ2v) is 6.17. The minimum atomic E-state index is -3.43. The number of carboxylic acid groups (broad SMARTS) is 1. The van der Waals surface area contributed by atoms with Crippen LogP contribution >= 0.6 is 0 Å². The van der Waals surface area contributed by atoms with Crippen molar-refractivity contribution in [2.24, 2.45) is 0 Å². The third kappa shape index (κ3) is 4.61.